The number of hydrogen-bond donors (Lipinski definition) is 1. The SMILES string of the molecule is CCOCC(O)CCCl. The van der Waals surface area contributed by atoms with Gasteiger partial charge < -0.3 is 9.84 Å². The van der Waals surface area contributed by atoms with Gasteiger partial charge in [-0.25, -0.2) is 0 Å². The summed E-state index contributed by atoms with van der Waals surface area (Å²) in [6.45, 7) is 2.95. The van der Waals surface area contributed by atoms with Gasteiger partial charge in [0.2, 0.25) is 0 Å². The van der Waals surface area contributed by atoms with E-state index in [0.717, 1.165) is 0 Å². The molecule has 0 aliphatic heterocycles. The van der Waals surface area contributed by atoms with Gasteiger partial charge in [0.25, 0.3) is 0 Å². The molecule has 0 heterocycles. The normalized spacial score (nSPS) is 13.7. The summed E-state index contributed by atoms with van der Waals surface area (Å²) in [6, 6.07) is 0. The molecule has 0 rings (SSSR count). The maximum atomic E-state index is 8.97. The van der Waals surface area contributed by atoms with Crippen LogP contribution in [0.5, 0.6) is 0 Å². The highest BCUT2D eigenvalue weighted by atomic mass is 35.5. The quantitative estimate of drug-likeness (QED) is 0.596. The van der Waals surface area contributed by atoms with Crippen LogP contribution in [-0.4, -0.2) is 30.3 Å². The van der Waals surface area contributed by atoms with Crippen molar-refractivity contribution in [2.24, 2.45) is 0 Å². The molecule has 3 heteroatoms. The molecular weight excluding hydrogens is 140 g/mol. The summed E-state index contributed by atoms with van der Waals surface area (Å²) in [5.74, 6) is 0.494. The van der Waals surface area contributed by atoms with Crippen LogP contribution in [0.2, 0.25) is 0 Å². The van der Waals surface area contributed by atoms with Crippen molar-refractivity contribution in [2.45, 2.75) is 19.4 Å². The fourth-order valence-corrected chi connectivity index (χ4v) is 0.715. The van der Waals surface area contributed by atoms with Crippen LogP contribution in [0.15, 0.2) is 0 Å². The van der Waals surface area contributed by atoms with Crippen molar-refractivity contribution >= 4 is 11.6 Å². The largest absolute Gasteiger partial charge is 0.391 e. The first-order chi connectivity index (χ1) is 4.31. The Bertz CT molecular complexity index is 59.0. The lowest BCUT2D eigenvalue weighted by molar-refractivity contribution is 0.0413. The van der Waals surface area contributed by atoms with Gasteiger partial charge >= 0.3 is 0 Å². The van der Waals surface area contributed by atoms with Gasteiger partial charge in [0.15, 0.2) is 0 Å². The third-order valence-electron chi connectivity index (χ3n) is 0.957. The van der Waals surface area contributed by atoms with Gasteiger partial charge in [-0.15, -0.1) is 11.6 Å². The highest BCUT2D eigenvalue weighted by Gasteiger charge is 2.00. The van der Waals surface area contributed by atoms with Crippen LogP contribution in [-0.2, 0) is 4.74 Å². The summed E-state index contributed by atoms with van der Waals surface area (Å²) in [7, 11) is 0. The highest BCUT2D eigenvalue weighted by molar-refractivity contribution is 6.17. The maximum absolute atomic E-state index is 8.97. The minimum Gasteiger partial charge on any atom is -0.391 e. The molecule has 0 aliphatic carbocycles. The molecular formula is C6H13ClO2. The Morgan fingerprint density at radius 3 is 2.78 bits per heavy atom. The second-order valence-electron chi connectivity index (χ2n) is 1.79. The van der Waals surface area contributed by atoms with Gasteiger partial charge in [0.05, 0.1) is 12.7 Å². The van der Waals surface area contributed by atoms with E-state index in [1.807, 2.05) is 6.92 Å². The van der Waals surface area contributed by atoms with Crippen molar-refractivity contribution in [3.8, 4) is 0 Å². The zero-order valence-corrected chi connectivity index (χ0v) is 6.40. The van der Waals surface area contributed by atoms with Crippen LogP contribution in [0.1, 0.15) is 13.3 Å². The Morgan fingerprint density at radius 1 is 1.67 bits per heavy atom. The lowest BCUT2D eigenvalue weighted by atomic mass is 10.3. The fraction of sp³-hybridized carbons (Fsp3) is 1.00. The summed E-state index contributed by atoms with van der Waals surface area (Å²) in [4.78, 5) is 0. The lowest BCUT2D eigenvalue weighted by Crippen LogP contribution is -2.15. The summed E-state index contributed by atoms with van der Waals surface area (Å²) in [5.41, 5.74) is 0. The van der Waals surface area contributed by atoms with Crippen molar-refractivity contribution in [1.82, 2.24) is 0 Å². The van der Waals surface area contributed by atoms with Gasteiger partial charge in [0, 0.05) is 12.5 Å². The average Bonchev–Trinajstić information content (AvgIpc) is 1.85. The van der Waals surface area contributed by atoms with Crippen molar-refractivity contribution < 1.29 is 9.84 Å². The molecule has 2 nitrogen and oxygen atoms in total. The van der Waals surface area contributed by atoms with Gasteiger partial charge in [0.1, 0.15) is 0 Å². The van der Waals surface area contributed by atoms with Crippen LogP contribution in [0.3, 0.4) is 0 Å². The van der Waals surface area contributed by atoms with E-state index in [1.54, 1.807) is 0 Å². The van der Waals surface area contributed by atoms with E-state index in [9.17, 15) is 0 Å². The third kappa shape index (κ3) is 6.09. The Kier molecular flexibility index (Phi) is 6.48. The maximum Gasteiger partial charge on any atom is 0.0785 e. The number of aliphatic hydroxyl groups is 1. The number of ether oxygens (including phenoxy) is 1. The van der Waals surface area contributed by atoms with Crippen LogP contribution in [0.4, 0.5) is 0 Å². The van der Waals surface area contributed by atoms with Crippen molar-refractivity contribution in [3.63, 3.8) is 0 Å². The Morgan fingerprint density at radius 2 is 2.33 bits per heavy atom. The monoisotopic (exact) mass is 152 g/mol. The third-order valence-corrected chi connectivity index (χ3v) is 1.17. The number of hydrogen-bond acceptors (Lipinski definition) is 2. The topological polar surface area (TPSA) is 29.5 Å². The standard InChI is InChI=1S/C6H13ClO2/c1-2-9-5-6(8)3-4-7/h6,8H,2-5H2,1H3. The molecule has 0 aromatic carbocycles. The molecule has 0 aromatic rings. The Hall–Kier alpha value is 0.210. The summed E-state index contributed by atoms with van der Waals surface area (Å²) >= 11 is 5.36. The first kappa shape index (κ1) is 9.21. The van der Waals surface area contributed by atoms with E-state index in [4.69, 9.17) is 21.4 Å². The molecule has 1 atom stereocenters. The first-order valence-electron chi connectivity index (χ1n) is 3.13. The molecule has 56 valence electrons. The van der Waals surface area contributed by atoms with Crippen molar-refractivity contribution in [2.75, 3.05) is 19.1 Å². The van der Waals surface area contributed by atoms with Crippen molar-refractivity contribution in [3.05, 3.63) is 0 Å². The zero-order chi connectivity index (χ0) is 7.11. The summed E-state index contributed by atoms with van der Waals surface area (Å²) in [6.07, 6.45) is 0.226. The van der Waals surface area contributed by atoms with Gasteiger partial charge in [-0.05, 0) is 13.3 Å². The molecule has 1 unspecified atom stereocenters. The smallest absolute Gasteiger partial charge is 0.0785 e. The van der Waals surface area contributed by atoms with E-state index < -0.39 is 0 Å². The van der Waals surface area contributed by atoms with Crippen molar-refractivity contribution in [1.29, 1.82) is 0 Å². The number of rotatable bonds is 5. The molecule has 0 aromatic heterocycles. The van der Waals surface area contributed by atoms with Crippen LogP contribution < -0.4 is 0 Å². The zero-order valence-electron chi connectivity index (χ0n) is 5.64. The minimum absolute atomic E-state index is 0.387. The van der Waals surface area contributed by atoms with E-state index in [-0.39, 0.29) is 6.10 Å². The van der Waals surface area contributed by atoms with E-state index in [2.05, 4.69) is 0 Å². The molecule has 0 saturated heterocycles. The second kappa shape index (κ2) is 6.33. The number of halogens is 1. The molecule has 0 amide bonds. The lowest BCUT2D eigenvalue weighted by Gasteiger charge is -2.06. The van der Waals surface area contributed by atoms with E-state index in [1.165, 1.54) is 0 Å². The fourth-order valence-electron chi connectivity index (χ4n) is 0.463. The van der Waals surface area contributed by atoms with Gasteiger partial charge in [-0.2, -0.15) is 0 Å². The van der Waals surface area contributed by atoms with Crippen LogP contribution >= 0.6 is 11.6 Å². The predicted octanol–water partition coefficient (Wildman–Crippen LogP) is 1.01. The van der Waals surface area contributed by atoms with Crippen LogP contribution in [0.25, 0.3) is 0 Å². The molecule has 1 N–H and O–H groups in total. The second-order valence-corrected chi connectivity index (χ2v) is 2.17. The molecule has 0 saturated carbocycles. The molecule has 0 bridgehead atoms. The highest BCUT2D eigenvalue weighted by Crippen LogP contribution is 1.93. The Labute approximate surface area is 60.8 Å². The average molecular weight is 153 g/mol. The molecule has 0 spiro atoms. The number of aliphatic hydroxyl groups excluding tert-OH is 1. The number of alkyl halides is 1. The molecule has 0 radical (unpaired) electrons. The minimum atomic E-state index is -0.387. The van der Waals surface area contributed by atoms with E-state index in [0.29, 0.717) is 25.5 Å². The predicted molar refractivity (Wildman–Crippen MR) is 37.8 cm³/mol. The summed E-state index contributed by atoms with van der Waals surface area (Å²) < 4.78 is 4.94. The molecule has 0 aliphatic rings. The van der Waals surface area contributed by atoms with Gasteiger partial charge in [-0.3, -0.25) is 0 Å². The molecule has 0 fully saturated rings. The Balaban J connectivity index is 2.95. The summed E-state index contributed by atoms with van der Waals surface area (Å²) in [5, 5.41) is 8.97. The van der Waals surface area contributed by atoms with E-state index >= 15 is 0 Å². The van der Waals surface area contributed by atoms with Crippen LogP contribution in [0, 0.1) is 0 Å². The van der Waals surface area contributed by atoms with Gasteiger partial charge in [-0.1, -0.05) is 0 Å². The molecule has 9 heavy (non-hydrogen) atoms. The first-order valence-corrected chi connectivity index (χ1v) is 3.66.